The summed E-state index contributed by atoms with van der Waals surface area (Å²) in [6, 6.07) is 9.51. The van der Waals surface area contributed by atoms with Crippen LogP contribution in [0.25, 0.3) is 17.1 Å². The molecule has 0 radical (unpaired) electrons. The SMILES string of the molecule is Cn1ccn2c(=O)c(-c3ccccc3)nc-2c1. The highest BCUT2D eigenvalue weighted by atomic mass is 16.1. The Morgan fingerprint density at radius 1 is 1.12 bits per heavy atom. The van der Waals surface area contributed by atoms with Crippen LogP contribution in [0.4, 0.5) is 0 Å². The van der Waals surface area contributed by atoms with Gasteiger partial charge in [0.2, 0.25) is 0 Å². The molecule has 0 saturated heterocycles. The van der Waals surface area contributed by atoms with Crippen molar-refractivity contribution < 1.29 is 0 Å². The molecule has 0 saturated carbocycles. The molecule has 0 amide bonds. The number of imidazole rings is 1. The van der Waals surface area contributed by atoms with Crippen molar-refractivity contribution >= 4 is 0 Å². The van der Waals surface area contributed by atoms with Gasteiger partial charge in [0, 0.05) is 31.2 Å². The van der Waals surface area contributed by atoms with Crippen molar-refractivity contribution in [2.45, 2.75) is 0 Å². The van der Waals surface area contributed by atoms with E-state index in [2.05, 4.69) is 4.98 Å². The van der Waals surface area contributed by atoms with Crippen LogP contribution in [0.2, 0.25) is 0 Å². The molecule has 0 atom stereocenters. The maximum atomic E-state index is 12.1. The fourth-order valence-electron chi connectivity index (χ4n) is 1.85. The molecular weight excluding hydrogens is 214 g/mol. The molecule has 1 aromatic carbocycles. The summed E-state index contributed by atoms with van der Waals surface area (Å²) in [5.41, 5.74) is 1.27. The fraction of sp³-hybridized carbons (Fsp3) is 0.0769. The second-order valence-electron chi connectivity index (χ2n) is 3.95. The van der Waals surface area contributed by atoms with Gasteiger partial charge in [-0.3, -0.25) is 9.36 Å². The van der Waals surface area contributed by atoms with Gasteiger partial charge < -0.3 is 4.57 Å². The van der Waals surface area contributed by atoms with Gasteiger partial charge in [0.15, 0.2) is 5.82 Å². The van der Waals surface area contributed by atoms with Gasteiger partial charge >= 0.3 is 0 Å². The number of fused-ring (bicyclic) bond motifs is 1. The molecule has 4 nitrogen and oxygen atoms in total. The van der Waals surface area contributed by atoms with Crippen molar-refractivity contribution in [3.8, 4) is 17.1 Å². The number of benzene rings is 1. The zero-order valence-electron chi connectivity index (χ0n) is 9.37. The first kappa shape index (κ1) is 9.84. The van der Waals surface area contributed by atoms with E-state index in [0.717, 1.165) is 5.56 Å². The predicted molar refractivity (Wildman–Crippen MR) is 65.4 cm³/mol. The quantitative estimate of drug-likeness (QED) is 0.632. The zero-order chi connectivity index (χ0) is 11.8. The van der Waals surface area contributed by atoms with Crippen molar-refractivity contribution in [1.82, 2.24) is 14.1 Å². The molecule has 0 bridgehead atoms. The van der Waals surface area contributed by atoms with E-state index >= 15 is 0 Å². The minimum Gasteiger partial charge on any atom is -0.352 e. The number of hydrogen-bond acceptors (Lipinski definition) is 2. The number of aromatic nitrogens is 3. The lowest BCUT2D eigenvalue weighted by Gasteiger charge is -2.02. The zero-order valence-corrected chi connectivity index (χ0v) is 9.37. The van der Waals surface area contributed by atoms with E-state index in [1.54, 1.807) is 10.8 Å². The van der Waals surface area contributed by atoms with Crippen LogP contribution < -0.4 is 5.56 Å². The van der Waals surface area contributed by atoms with Gasteiger partial charge in [-0.05, 0) is 0 Å². The first-order valence-corrected chi connectivity index (χ1v) is 5.35. The summed E-state index contributed by atoms with van der Waals surface area (Å²) < 4.78 is 3.43. The number of aryl methyl sites for hydroxylation is 1. The summed E-state index contributed by atoms with van der Waals surface area (Å²) >= 11 is 0. The van der Waals surface area contributed by atoms with Crippen LogP contribution in [-0.4, -0.2) is 14.1 Å². The molecule has 0 N–H and O–H groups in total. The second-order valence-corrected chi connectivity index (χ2v) is 3.95. The third-order valence-electron chi connectivity index (χ3n) is 2.71. The standard InChI is InChI=1S/C13H11N3O/c1-15-7-8-16-11(9-15)14-12(13(16)17)10-5-3-2-4-6-10/h2-9H,1H3. The van der Waals surface area contributed by atoms with Crippen molar-refractivity contribution in [3.05, 3.63) is 59.3 Å². The van der Waals surface area contributed by atoms with Crippen LogP contribution >= 0.6 is 0 Å². The molecule has 2 heterocycles. The third kappa shape index (κ3) is 1.54. The Balaban J connectivity index is 2.29. The first-order valence-electron chi connectivity index (χ1n) is 5.35. The lowest BCUT2D eigenvalue weighted by molar-refractivity contribution is 0.837. The Labute approximate surface area is 98.1 Å². The van der Waals surface area contributed by atoms with Crippen LogP contribution in [-0.2, 0) is 7.05 Å². The van der Waals surface area contributed by atoms with Gasteiger partial charge in [-0.2, -0.15) is 0 Å². The van der Waals surface area contributed by atoms with Gasteiger partial charge in [-0.15, -0.1) is 0 Å². The van der Waals surface area contributed by atoms with E-state index in [9.17, 15) is 4.79 Å². The van der Waals surface area contributed by atoms with Crippen molar-refractivity contribution in [2.24, 2.45) is 7.05 Å². The Kier molecular flexibility index (Phi) is 2.08. The van der Waals surface area contributed by atoms with Crippen LogP contribution in [0.3, 0.4) is 0 Å². The van der Waals surface area contributed by atoms with Crippen molar-refractivity contribution in [3.63, 3.8) is 0 Å². The second kappa shape index (κ2) is 3.59. The van der Waals surface area contributed by atoms with E-state index in [-0.39, 0.29) is 5.56 Å². The smallest absolute Gasteiger partial charge is 0.282 e. The fourth-order valence-corrected chi connectivity index (χ4v) is 1.85. The normalized spacial score (nSPS) is 10.9. The van der Waals surface area contributed by atoms with Gasteiger partial charge in [-0.25, -0.2) is 4.98 Å². The molecule has 4 heteroatoms. The lowest BCUT2D eigenvalue weighted by Crippen LogP contribution is -2.14. The Hall–Kier alpha value is -2.36. The number of hydrogen-bond donors (Lipinski definition) is 0. The minimum absolute atomic E-state index is 0.0770. The average Bonchev–Trinajstić information content (AvgIpc) is 2.67. The van der Waals surface area contributed by atoms with Crippen LogP contribution in [0.15, 0.2) is 53.7 Å². The van der Waals surface area contributed by atoms with E-state index in [0.29, 0.717) is 11.5 Å². The summed E-state index contributed by atoms with van der Waals surface area (Å²) in [5, 5.41) is 0. The molecule has 2 aliphatic rings. The molecule has 17 heavy (non-hydrogen) atoms. The Morgan fingerprint density at radius 2 is 1.88 bits per heavy atom. The lowest BCUT2D eigenvalue weighted by atomic mass is 10.2. The van der Waals surface area contributed by atoms with Crippen LogP contribution in [0, 0.1) is 0 Å². The molecule has 0 aliphatic carbocycles. The number of rotatable bonds is 1. The molecule has 1 aromatic rings. The van der Waals surface area contributed by atoms with Crippen molar-refractivity contribution in [2.75, 3.05) is 0 Å². The highest BCUT2D eigenvalue weighted by Gasteiger charge is 2.14. The summed E-state index contributed by atoms with van der Waals surface area (Å²) in [6.45, 7) is 0. The molecule has 2 aliphatic heterocycles. The monoisotopic (exact) mass is 225 g/mol. The highest BCUT2D eigenvalue weighted by molar-refractivity contribution is 5.60. The molecule has 0 unspecified atom stereocenters. The topological polar surface area (TPSA) is 39.8 Å². The van der Waals surface area contributed by atoms with E-state index in [1.165, 1.54) is 0 Å². The Morgan fingerprint density at radius 3 is 2.65 bits per heavy atom. The molecule has 3 rings (SSSR count). The maximum Gasteiger partial charge on any atom is 0.282 e. The Bertz CT molecular complexity index is 682. The van der Waals surface area contributed by atoms with Crippen molar-refractivity contribution in [1.29, 1.82) is 0 Å². The minimum atomic E-state index is -0.0770. The van der Waals surface area contributed by atoms with E-state index in [1.807, 2.05) is 54.3 Å². The molecular formula is C13H11N3O. The van der Waals surface area contributed by atoms with Gasteiger partial charge in [-0.1, -0.05) is 30.3 Å². The summed E-state index contributed by atoms with van der Waals surface area (Å²) in [4.78, 5) is 16.5. The van der Waals surface area contributed by atoms with Gasteiger partial charge in [0.1, 0.15) is 5.69 Å². The van der Waals surface area contributed by atoms with Gasteiger partial charge in [0.05, 0.1) is 0 Å². The number of nitrogens with zero attached hydrogens (tertiary/aromatic N) is 3. The van der Waals surface area contributed by atoms with Crippen LogP contribution in [0.1, 0.15) is 0 Å². The average molecular weight is 225 g/mol. The van der Waals surface area contributed by atoms with Gasteiger partial charge in [0.25, 0.3) is 5.56 Å². The summed E-state index contributed by atoms with van der Waals surface area (Å²) in [5.74, 6) is 0.666. The molecule has 84 valence electrons. The van der Waals surface area contributed by atoms with Crippen LogP contribution in [0.5, 0.6) is 0 Å². The molecule has 0 fully saturated rings. The molecule has 0 aromatic heterocycles. The highest BCUT2D eigenvalue weighted by Crippen LogP contribution is 2.15. The van der Waals surface area contributed by atoms with E-state index in [4.69, 9.17) is 0 Å². The maximum absolute atomic E-state index is 12.1. The molecule has 0 spiro atoms. The summed E-state index contributed by atoms with van der Waals surface area (Å²) in [6.07, 6.45) is 5.38. The predicted octanol–water partition coefficient (Wildman–Crippen LogP) is 1.68. The third-order valence-corrected chi connectivity index (χ3v) is 2.71. The summed E-state index contributed by atoms with van der Waals surface area (Å²) in [7, 11) is 1.90. The first-order chi connectivity index (χ1) is 8.25. The van der Waals surface area contributed by atoms with E-state index < -0.39 is 0 Å². The largest absolute Gasteiger partial charge is 0.352 e.